The number of carbonyl (C=O) groups excluding carboxylic acids is 1. The molecule has 2 aliphatic rings. The summed E-state index contributed by atoms with van der Waals surface area (Å²) >= 11 is 0. The Morgan fingerprint density at radius 1 is 1.04 bits per heavy atom. The van der Waals surface area contributed by atoms with Crippen molar-refractivity contribution >= 4 is 11.5 Å². The van der Waals surface area contributed by atoms with Gasteiger partial charge in [0.05, 0.1) is 32.6 Å². The van der Waals surface area contributed by atoms with Gasteiger partial charge >= 0.3 is 5.97 Å². The highest BCUT2D eigenvalue weighted by Gasteiger charge is 2.51. The van der Waals surface area contributed by atoms with Crippen molar-refractivity contribution in [2.24, 2.45) is 0 Å². The number of benzene rings is 1. The van der Waals surface area contributed by atoms with E-state index in [1.807, 2.05) is 31.2 Å². The first-order valence-electron chi connectivity index (χ1n) is 8.27. The number of hydrogen-bond acceptors (Lipinski definition) is 6. The van der Waals surface area contributed by atoms with Crippen LogP contribution in [0.1, 0.15) is 34.6 Å². The molecule has 0 amide bonds. The normalized spacial score (nSPS) is 20.2. The average molecular weight is 353 g/mol. The van der Waals surface area contributed by atoms with Crippen molar-refractivity contribution in [3.05, 3.63) is 58.4 Å². The second-order valence-corrected chi connectivity index (χ2v) is 6.18. The first kappa shape index (κ1) is 16.6. The van der Waals surface area contributed by atoms with Crippen LogP contribution >= 0.6 is 0 Å². The molecule has 0 saturated carbocycles. The lowest BCUT2D eigenvalue weighted by atomic mass is 9.82. The van der Waals surface area contributed by atoms with Crippen molar-refractivity contribution in [1.82, 2.24) is 4.98 Å². The summed E-state index contributed by atoms with van der Waals surface area (Å²) < 4.78 is 22.3. The van der Waals surface area contributed by atoms with Crippen LogP contribution in [0.5, 0.6) is 11.5 Å². The maximum Gasteiger partial charge on any atom is 0.337 e. The van der Waals surface area contributed by atoms with Crippen molar-refractivity contribution in [2.75, 3.05) is 21.3 Å². The van der Waals surface area contributed by atoms with E-state index in [1.54, 1.807) is 20.4 Å². The van der Waals surface area contributed by atoms with Gasteiger partial charge in [0.15, 0.2) is 0 Å². The second kappa shape index (κ2) is 6.14. The molecule has 3 heterocycles. The lowest BCUT2D eigenvalue weighted by molar-refractivity contribution is -0.137. The Kier molecular flexibility index (Phi) is 3.92. The number of methoxy groups -OCH3 is 3. The lowest BCUT2D eigenvalue weighted by Gasteiger charge is -2.22. The van der Waals surface area contributed by atoms with Crippen LogP contribution in [0.25, 0.3) is 5.57 Å². The Bertz CT molecular complexity index is 934. The minimum atomic E-state index is -0.566. The van der Waals surface area contributed by atoms with Crippen LogP contribution < -0.4 is 9.47 Å². The molecule has 2 bridgehead atoms. The third kappa shape index (κ3) is 2.15. The van der Waals surface area contributed by atoms with Gasteiger partial charge in [0, 0.05) is 22.9 Å². The molecule has 0 N–H and O–H groups in total. The molecule has 4 rings (SSSR count). The molecular formula is C20H19NO5. The molecule has 1 aromatic heterocycles. The highest BCUT2D eigenvalue weighted by molar-refractivity contribution is 6.03. The van der Waals surface area contributed by atoms with Gasteiger partial charge in [0.2, 0.25) is 0 Å². The summed E-state index contributed by atoms with van der Waals surface area (Å²) in [4.78, 5) is 17.1. The van der Waals surface area contributed by atoms with Crippen LogP contribution in [0.4, 0.5) is 0 Å². The van der Waals surface area contributed by atoms with Gasteiger partial charge in [-0.25, -0.2) is 4.79 Å². The van der Waals surface area contributed by atoms with E-state index >= 15 is 0 Å². The number of esters is 1. The van der Waals surface area contributed by atoms with E-state index in [0.29, 0.717) is 17.1 Å². The first-order chi connectivity index (χ1) is 12.6. The Labute approximate surface area is 151 Å². The molecule has 2 atom stereocenters. The highest BCUT2D eigenvalue weighted by atomic mass is 16.5. The van der Waals surface area contributed by atoms with E-state index in [-0.39, 0.29) is 0 Å². The van der Waals surface area contributed by atoms with Gasteiger partial charge in [0.25, 0.3) is 0 Å². The summed E-state index contributed by atoms with van der Waals surface area (Å²) in [5, 5.41) is 0. The molecule has 2 aromatic rings. The van der Waals surface area contributed by atoms with Crippen LogP contribution in [0, 0.1) is 6.92 Å². The molecule has 0 aliphatic carbocycles. The van der Waals surface area contributed by atoms with Crippen LogP contribution in [0.2, 0.25) is 0 Å². The first-order valence-corrected chi connectivity index (χ1v) is 8.27. The molecule has 2 unspecified atom stereocenters. The predicted molar refractivity (Wildman–Crippen MR) is 94.0 cm³/mol. The van der Waals surface area contributed by atoms with Crippen molar-refractivity contribution in [3.8, 4) is 11.5 Å². The van der Waals surface area contributed by atoms with Crippen LogP contribution in [0.3, 0.4) is 0 Å². The predicted octanol–water partition coefficient (Wildman–Crippen LogP) is 3.16. The van der Waals surface area contributed by atoms with Gasteiger partial charge in [-0.05, 0) is 30.7 Å². The third-order valence-electron chi connectivity index (χ3n) is 4.93. The average Bonchev–Trinajstić information content (AvgIpc) is 3.24. The van der Waals surface area contributed by atoms with Gasteiger partial charge in [-0.15, -0.1) is 0 Å². The van der Waals surface area contributed by atoms with Crippen LogP contribution in [-0.4, -0.2) is 32.3 Å². The molecule has 6 heteroatoms. The van der Waals surface area contributed by atoms with E-state index in [0.717, 1.165) is 28.0 Å². The molecule has 6 nitrogen and oxygen atoms in total. The minimum Gasteiger partial charge on any atom is -0.496 e. The molecular weight excluding hydrogens is 334 g/mol. The van der Waals surface area contributed by atoms with E-state index < -0.39 is 18.2 Å². The highest BCUT2D eigenvalue weighted by Crippen LogP contribution is 2.61. The van der Waals surface area contributed by atoms with Crippen LogP contribution in [0.15, 0.2) is 36.0 Å². The summed E-state index contributed by atoms with van der Waals surface area (Å²) in [6.07, 6.45) is 0.687. The Hall–Kier alpha value is -2.86. The van der Waals surface area contributed by atoms with Gasteiger partial charge in [-0.1, -0.05) is 6.07 Å². The van der Waals surface area contributed by atoms with Gasteiger partial charge < -0.3 is 18.9 Å². The molecule has 134 valence electrons. The van der Waals surface area contributed by atoms with Crippen molar-refractivity contribution in [1.29, 1.82) is 0 Å². The standard InChI is InChI=1S/C20H19NO5/c1-10-6-5-9-21-17(10)15-16(20(22)25-4)19-14-12(24-3)8-7-11(23-2)13(14)18(15)26-19/h5-9,18-19H,1-4H3. The molecule has 26 heavy (non-hydrogen) atoms. The largest absolute Gasteiger partial charge is 0.496 e. The van der Waals surface area contributed by atoms with Crippen LogP contribution in [-0.2, 0) is 14.3 Å². The Morgan fingerprint density at radius 2 is 1.69 bits per heavy atom. The summed E-state index contributed by atoms with van der Waals surface area (Å²) in [7, 11) is 4.58. The molecule has 1 aromatic carbocycles. The maximum absolute atomic E-state index is 12.6. The number of carbonyl (C=O) groups is 1. The lowest BCUT2D eigenvalue weighted by Crippen LogP contribution is -2.16. The number of fused-ring (bicyclic) bond motifs is 5. The number of nitrogens with zero attached hydrogens (tertiary/aromatic N) is 1. The SMILES string of the molecule is COC(=O)C1=C(c2ncccc2C)C2OC1c1c(OC)ccc(OC)c12. The van der Waals surface area contributed by atoms with E-state index in [2.05, 4.69) is 4.98 Å². The van der Waals surface area contributed by atoms with Gasteiger partial charge in [0.1, 0.15) is 23.7 Å². The second-order valence-electron chi connectivity index (χ2n) is 6.18. The molecule has 0 saturated heterocycles. The zero-order valence-electron chi connectivity index (χ0n) is 15.0. The smallest absolute Gasteiger partial charge is 0.337 e. The fourth-order valence-electron chi connectivity index (χ4n) is 3.82. The summed E-state index contributed by atoms with van der Waals surface area (Å²) in [5.74, 6) is 0.933. The molecule has 0 radical (unpaired) electrons. The number of ether oxygens (including phenoxy) is 4. The summed E-state index contributed by atoms with van der Waals surface area (Å²) in [6.45, 7) is 1.96. The number of rotatable bonds is 4. The monoisotopic (exact) mass is 353 g/mol. The Morgan fingerprint density at radius 3 is 2.27 bits per heavy atom. The van der Waals surface area contributed by atoms with E-state index in [1.165, 1.54) is 7.11 Å². The summed E-state index contributed by atoms with van der Waals surface area (Å²) in [6, 6.07) is 7.49. The quantitative estimate of drug-likeness (QED) is 0.787. The zero-order valence-corrected chi connectivity index (χ0v) is 15.0. The Balaban J connectivity index is 2.00. The van der Waals surface area contributed by atoms with Crippen molar-refractivity contribution in [3.63, 3.8) is 0 Å². The zero-order chi connectivity index (χ0) is 18.4. The fourth-order valence-corrected chi connectivity index (χ4v) is 3.82. The number of pyridine rings is 1. The topological polar surface area (TPSA) is 66.9 Å². The van der Waals surface area contributed by atoms with Gasteiger partial charge in [-0.2, -0.15) is 0 Å². The molecule has 0 fully saturated rings. The molecule has 2 aliphatic heterocycles. The molecule has 0 spiro atoms. The number of aromatic nitrogens is 1. The minimum absolute atomic E-state index is 0.423. The number of hydrogen-bond donors (Lipinski definition) is 0. The fraction of sp³-hybridized carbons (Fsp3) is 0.300. The third-order valence-corrected chi connectivity index (χ3v) is 4.93. The van der Waals surface area contributed by atoms with Crippen molar-refractivity contribution < 1.29 is 23.7 Å². The van der Waals surface area contributed by atoms with Gasteiger partial charge in [-0.3, -0.25) is 4.98 Å². The maximum atomic E-state index is 12.6. The van der Waals surface area contributed by atoms with E-state index in [9.17, 15) is 4.79 Å². The van der Waals surface area contributed by atoms with E-state index in [4.69, 9.17) is 18.9 Å². The van der Waals surface area contributed by atoms with Crippen molar-refractivity contribution in [2.45, 2.75) is 19.1 Å². The summed E-state index contributed by atoms with van der Waals surface area (Å²) in [5.41, 5.74) is 4.59. The number of aryl methyl sites for hydroxylation is 1.